The molecule has 6 heteroatoms. The van der Waals surface area contributed by atoms with Crippen molar-refractivity contribution in [1.82, 2.24) is 9.80 Å². The fourth-order valence-corrected chi connectivity index (χ4v) is 2.27. The van der Waals surface area contributed by atoms with Crippen molar-refractivity contribution in [3.63, 3.8) is 0 Å². The van der Waals surface area contributed by atoms with E-state index in [1.807, 2.05) is 0 Å². The molecule has 0 spiro atoms. The van der Waals surface area contributed by atoms with Crippen molar-refractivity contribution in [1.29, 1.82) is 0 Å². The van der Waals surface area contributed by atoms with Gasteiger partial charge in [0.05, 0.1) is 6.04 Å². The van der Waals surface area contributed by atoms with Crippen molar-refractivity contribution in [2.24, 2.45) is 0 Å². The molecule has 2 rings (SSSR count). The molecule has 0 aromatic heterocycles. The van der Waals surface area contributed by atoms with E-state index in [4.69, 9.17) is 5.11 Å². The first kappa shape index (κ1) is 10.2. The van der Waals surface area contributed by atoms with Crippen molar-refractivity contribution < 1.29 is 19.8 Å². The van der Waals surface area contributed by atoms with Crippen LogP contribution in [-0.4, -0.2) is 63.8 Å². The lowest BCUT2D eigenvalue weighted by atomic mass is 10.2. The van der Waals surface area contributed by atoms with E-state index in [-0.39, 0.29) is 11.9 Å². The number of carboxylic acid groups (broad SMARTS) is 1. The summed E-state index contributed by atoms with van der Waals surface area (Å²) in [6.45, 7) is 1.33. The minimum atomic E-state index is -0.953. The van der Waals surface area contributed by atoms with Gasteiger partial charge in [-0.05, 0) is 6.42 Å². The molecule has 2 heterocycles. The van der Waals surface area contributed by atoms with Crippen LogP contribution >= 0.6 is 0 Å². The number of fused-ring (bicyclic) bond motifs is 1. The molecule has 0 unspecified atom stereocenters. The lowest BCUT2D eigenvalue weighted by molar-refractivity contribution is -0.135. The Morgan fingerprint density at radius 3 is 2.80 bits per heavy atom. The zero-order valence-electron chi connectivity index (χ0n) is 8.30. The highest BCUT2D eigenvalue weighted by atomic mass is 16.4. The molecule has 2 aliphatic rings. The van der Waals surface area contributed by atoms with Crippen LogP contribution in [0, 0.1) is 0 Å². The van der Waals surface area contributed by atoms with Crippen LogP contribution in [0.15, 0.2) is 0 Å². The quantitative estimate of drug-likeness (QED) is 0.560. The molecule has 2 fully saturated rings. The van der Waals surface area contributed by atoms with Gasteiger partial charge in [0, 0.05) is 26.1 Å². The molecular formula is C9H14N2O4. The molecule has 0 aliphatic carbocycles. The molecule has 84 valence electrons. The summed E-state index contributed by atoms with van der Waals surface area (Å²) in [4.78, 5) is 25.2. The SMILES string of the molecule is O=C(O)N1CCCN2C(=O)[C@@H](O)C[C@H]2C1. The molecule has 2 amide bonds. The van der Waals surface area contributed by atoms with Gasteiger partial charge < -0.3 is 20.0 Å². The smallest absolute Gasteiger partial charge is 0.407 e. The highest BCUT2D eigenvalue weighted by Crippen LogP contribution is 2.23. The maximum atomic E-state index is 11.5. The number of nitrogens with zero attached hydrogens (tertiary/aromatic N) is 2. The molecule has 2 N–H and O–H groups in total. The lowest BCUT2D eigenvalue weighted by Crippen LogP contribution is -2.40. The van der Waals surface area contributed by atoms with Gasteiger partial charge in [-0.3, -0.25) is 4.79 Å². The standard InChI is InChI=1S/C9H14N2O4/c12-7-4-6-5-10(9(14)15)2-1-3-11(6)8(7)13/h6-7,12H,1-5H2,(H,14,15)/t6-,7-/m0/s1. The van der Waals surface area contributed by atoms with E-state index in [2.05, 4.69) is 0 Å². The van der Waals surface area contributed by atoms with Gasteiger partial charge in [0.15, 0.2) is 0 Å². The number of carbonyl (C=O) groups is 2. The van der Waals surface area contributed by atoms with E-state index in [9.17, 15) is 14.7 Å². The Kier molecular flexibility index (Phi) is 2.52. The Hall–Kier alpha value is -1.30. The van der Waals surface area contributed by atoms with Crippen molar-refractivity contribution in [3.8, 4) is 0 Å². The normalized spacial score (nSPS) is 31.4. The molecule has 6 nitrogen and oxygen atoms in total. The minimum Gasteiger partial charge on any atom is -0.465 e. The van der Waals surface area contributed by atoms with Gasteiger partial charge in [-0.1, -0.05) is 0 Å². The van der Waals surface area contributed by atoms with Crippen molar-refractivity contribution in [2.45, 2.75) is 25.0 Å². The van der Waals surface area contributed by atoms with Crippen LogP contribution in [-0.2, 0) is 4.79 Å². The molecule has 0 saturated carbocycles. The number of aliphatic hydroxyl groups is 1. The predicted molar refractivity (Wildman–Crippen MR) is 50.3 cm³/mol. The second-order valence-corrected chi connectivity index (χ2v) is 4.02. The summed E-state index contributed by atoms with van der Waals surface area (Å²) in [6, 6.07) is -0.147. The Bertz CT molecular complexity index is 294. The van der Waals surface area contributed by atoms with Crippen LogP contribution in [0.4, 0.5) is 4.79 Å². The summed E-state index contributed by atoms with van der Waals surface area (Å²) in [7, 11) is 0. The van der Waals surface area contributed by atoms with E-state index in [0.717, 1.165) is 0 Å². The first-order valence-electron chi connectivity index (χ1n) is 5.06. The molecule has 0 radical (unpaired) electrons. The highest BCUT2D eigenvalue weighted by molar-refractivity contribution is 5.83. The second-order valence-electron chi connectivity index (χ2n) is 4.02. The number of hydrogen-bond acceptors (Lipinski definition) is 3. The molecule has 2 atom stereocenters. The largest absolute Gasteiger partial charge is 0.465 e. The molecule has 0 bridgehead atoms. The Labute approximate surface area is 87.1 Å². The maximum Gasteiger partial charge on any atom is 0.407 e. The van der Waals surface area contributed by atoms with Crippen LogP contribution in [0.5, 0.6) is 0 Å². The third kappa shape index (κ3) is 1.77. The van der Waals surface area contributed by atoms with Gasteiger partial charge in [0.2, 0.25) is 0 Å². The third-order valence-electron chi connectivity index (χ3n) is 3.03. The van der Waals surface area contributed by atoms with Gasteiger partial charge in [-0.25, -0.2) is 4.79 Å². The first-order chi connectivity index (χ1) is 7.09. The van der Waals surface area contributed by atoms with Crippen molar-refractivity contribution in [2.75, 3.05) is 19.6 Å². The summed E-state index contributed by atoms with van der Waals surface area (Å²) in [6.07, 6.45) is -0.904. The highest BCUT2D eigenvalue weighted by Gasteiger charge is 2.40. The molecule has 0 aromatic rings. The number of aliphatic hydroxyl groups excluding tert-OH is 1. The van der Waals surface area contributed by atoms with Crippen LogP contribution in [0.3, 0.4) is 0 Å². The Morgan fingerprint density at radius 2 is 2.13 bits per heavy atom. The zero-order valence-corrected chi connectivity index (χ0v) is 8.30. The van der Waals surface area contributed by atoms with Gasteiger partial charge in [-0.15, -0.1) is 0 Å². The third-order valence-corrected chi connectivity index (χ3v) is 3.03. The fraction of sp³-hybridized carbons (Fsp3) is 0.778. The number of rotatable bonds is 0. The van der Waals surface area contributed by atoms with E-state index in [1.165, 1.54) is 4.90 Å². The summed E-state index contributed by atoms with van der Waals surface area (Å²) < 4.78 is 0. The fourth-order valence-electron chi connectivity index (χ4n) is 2.27. The van der Waals surface area contributed by atoms with Crippen LogP contribution in [0.25, 0.3) is 0 Å². The molecule has 2 aliphatic heterocycles. The maximum absolute atomic E-state index is 11.5. The van der Waals surface area contributed by atoms with Crippen LogP contribution in [0.2, 0.25) is 0 Å². The van der Waals surface area contributed by atoms with E-state index in [1.54, 1.807) is 4.90 Å². The van der Waals surface area contributed by atoms with Gasteiger partial charge in [0.25, 0.3) is 5.91 Å². The molecule has 15 heavy (non-hydrogen) atoms. The van der Waals surface area contributed by atoms with E-state index in [0.29, 0.717) is 32.5 Å². The van der Waals surface area contributed by atoms with Crippen LogP contribution < -0.4 is 0 Å². The van der Waals surface area contributed by atoms with Crippen molar-refractivity contribution >= 4 is 12.0 Å². The number of carbonyl (C=O) groups excluding carboxylic acids is 1. The zero-order chi connectivity index (χ0) is 11.0. The summed E-state index contributed by atoms with van der Waals surface area (Å²) >= 11 is 0. The summed E-state index contributed by atoms with van der Waals surface area (Å²) in [5.41, 5.74) is 0. The molecular weight excluding hydrogens is 200 g/mol. The Morgan fingerprint density at radius 1 is 1.40 bits per heavy atom. The van der Waals surface area contributed by atoms with Crippen LogP contribution in [0.1, 0.15) is 12.8 Å². The molecule has 2 saturated heterocycles. The van der Waals surface area contributed by atoms with E-state index >= 15 is 0 Å². The first-order valence-corrected chi connectivity index (χ1v) is 5.06. The Balaban J connectivity index is 2.10. The number of amides is 2. The van der Waals surface area contributed by atoms with Gasteiger partial charge >= 0.3 is 6.09 Å². The average Bonchev–Trinajstić information content (AvgIpc) is 2.41. The lowest BCUT2D eigenvalue weighted by Gasteiger charge is -2.23. The van der Waals surface area contributed by atoms with Gasteiger partial charge in [0.1, 0.15) is 6.10 Å². The topological polar surface area (TPSA) is 81.1 Å². The summed E-state index contributed by atoms with van der Waals surface area (Å²) in [5.74, 6) is -0.257. The monoisotopic (exact) mass is 214 g/mol. The molecule has 0 aromatic carbocycles. The number of hydrogen-bond donors (Lipinski definition) is 2. The minimum absolute atomic E-state index is 0.147. The van der Waals surface area contributed by atoms with Gasteiger partial charge in [-0.2, -0.15) is 0 Å². The summed E-state index contributed by atoms with van der Waals surface area (Å²) in [5, 5.41) is 18.3. The van der Waals surface area contributed by atoms with Crippen molar-refractivity contribution in [3.05, 3.63) is 0 Å². The average molecular weight is 214 g/mol. The second kappa shape index (κ2) is 3.69. The van der Waals surface area contributed by atoms with E-state index < -0.39 is 12.2 Å². The predicted octanol–water partition coefficient (Wildman–Crippen LogP) is -0.668.